The highest BCUT2D eigenvalue weighted by Gasteiger charge is 2.25. The standard InChI is InChI=1S/C29H32N2O2/c1-21(18-23-8-4-3-5-9-23)14-16-30-29(33)27-11-7-6-10-25(27)20-31-17-15-24-12-13-26(32)19-28(24)22(31)2/h3-13,18-19,22,32H,14-17,20H2,1-2H3,(H,30,33)/b21-18+. The lowest BCUT2D eigenvalue weighted by Gasteiger charge is -2.35. The van der Waals surface area contributed by atoms with Gasteiger partial charge in [0.1, 0.15) is 5.75 Å². The third kappa shape index (κ3) is 5.71. The maximum absolute atomic E-state index is 13.0. The van der Waals surface area contributed by atoms with Gasteiger partial charge in [-0.1, -0.05) is 66.2 Å². The SMILES string of the molecule is C/C(=C\c1ccccc1)CCNC(=O)c1ccccc1CN1CCc2ccc(O)cc2C1C. The number of phenols is 1. The van der Waals surface area contributed by atoms with E-state index in [1.807, 2.05) is 54.6 Å². The molecule has 4 heteroatoms. The molecule has 2 N–H and O–H groups in total. The molecule has 170 valence electrons. The minimum Gasteiger partial charge on any atom is -0.508 e. The van der Waals surface area contributed by atoms with Gasteiger partial charge >= 0.3 is 0 Å². The van der Waals surface area contributed by atoms with Crippen molar-refractivity contribution in [3.63, 3.8) is 0 Å². The minimum atomic E-state index is -0.0270. The molecule has 1 aliphatic heterocycles. The Morgan fingerprint density at radius 1 is 1.09 bits per heavy atom. The first-order valence-electron chi connectivity index (χ1n) is 11.7. The van der Waals surface area contributed by atoms with E-state index in [9.17, 15) is 9.90 Å². The molecule has 3 aromatic rings. The summed E-state index contributed by atoms with van der Waals surface area (Å²) < 4.78 is 0. The number of hydrogen-bond donors (Lipinski definition) is 2. The molecule has 4 nitrogen and oxygen atoms in total. The third-order valence-electron chi connectivity index (χ3n) is 6.45. The summed E-state index contributed by atoms with van der Waals surface area (Å²) in [5.74, 6) is 0.277. The molecule has 3 aromatic carbocycles. The zero-order valence-corrected chi connectivity index (χ0v) is 19.4. The number of rotatable bonds is 7. The number of nitrogens with zero attached hydrogens (tertiary/aromatic N) is 1. The van der Waals surface area contributed by atoms with Crippen LogP contribution in [0.25, 0.3) is 6.08 Å². The van der Waals surface area contributed by atoms with E-state index in [2.05, 4.69) is 42.3 Å². The fraction of sp³-hybridized carbons (Fsp3) is 0.276. The molecule has 0 aliphatic carbocycles. The summed E-state index contributed by atoms with van der Waals surface area (Å²) in [6, 6.07) is 23.9. The van der Waals surface area contributed by atoms with Gasteiger partial charge in [-0.15, -0.1) is 0 Å². The van der Waals surface area contributed by atoms with Gasteiger partial charge in [-0.05, 0) is 67.1 Å². The maximum Gasteiger partial charge on any atom is 0.251 e. The quantitative estimate of drug-likeness (QED) is 0.493. The second-order valence-corrected chi connectivity index (χ2v) is 8.84. The molecular weight excluding hydrogens is 408 g/mol. The van der Waals surface area contributed by atoms with E-state index in [-0.39, 0.29) is 11.9 Å². The van der Waals surface area contributed by atoms with Crippen molar-refractivity contribution < 1.29 is 9.90 Å². The van der Waals surface area contributed by atoms with Gasteiger partial charge in [0.2, 0.25) is 0 Å². The van der Waals surface area contributed by atoms with Crippen molar-refractivity contribution in [2.24, 2.45) is 0 Å². The molecule has 1 aliphatic rings. The van der Waals surface area contributed by atoms with Gasteiger partial charge in [-0.25, -0.2) is 0 Å². The summed E-state index contributed by atoms with van der Waals surface area (Å²) in [6.07, 6.45) is 3.92. The van der Waals surface area contributed by atoms with Crippen molar-refractivity contribution in [3.05, 3.63) is 106 Å². The summed E-state index contributed by atoms with van der Waals surface area (Å²) in [7, 11) is 0. The number of benzene rings is 3. The van der Waals surface area contributed by atoms with Gasteiger partial charge in [-0.3, -0.25) is 9.69 Å². The molecule has 4 rings (SSSR count). The maximum atomic E-state index is 13.0. The normalized spacial score (nSPS) is 16.3. The molecule has 33 heavy (non-hydrogen) atoms. The van der Waals surface area contributed by atoms with E-state index in [4.69, 9.17) is 0 Å². The average Bonchev–Trinajstić information content (AvgIpc) is 2.82. The Kier molecular flexibility index (Phi) is 7.26. The van der Waals surface area contributed by atoms with Gasteiger partial charge in [0.25, 0.3) is 5.91 Å². The smallest absolute Gasteiger partial charge is 0.251 e. The van der Waals surface area contributed by atoms with Gasteiger partial charge in [0.05, 0.1) is 0 Å². The lowest BCUT2D eigenvalue weighted by molar-refractivity contribution is 0.0951. The van der Waals surface area contributed by atoms with Crippen molar-refractivity contribution in [1.29, 1.82) is 0 Å². The van der Waals surface area contributed by atoms with E-state index in [0.29, 0.717) is 18.8 Å². The van der Waals surface area contributed by atoms with Crippen LogP contribution in [0.2, 0.25) is 0 Å². The molecule has 0 saturated heterocycles. The van der Waals surface area contributed by atoms with Crippen LogP contribution in [-0.4, -0.2) is 29.0 Å². The Morgan fingerprint density at radius 3 is 2.67 bits per heavy atom. The van der Waals surface area contributed by atoms with Crippen LogP contribution in [0.5, 0.6) is 5.75 Å². The predicted octanol–water partition coefficient (Wildman–Crippen LogP) is 5.73. The lowest BCUT2D eigenvalue weighted by atomic mass is 9.92. The van der Waals surface area contributed by atoms with Crippen molar-refractivity contribution >= 4 is 12.0 Å². The monoisotopic (exact) mass is 440 g/mol. The molecule has 1 heterocycles. The van der Waals surface area contributed by atoms with Crippen LogP contribution < -0.4 is 5.32 Å². The number of amides is 1. The molecule has 1 amide bonds. The first-order chi connectivity index (χ1) is 16.0. The Hall–Kier alpha value is -3.37. The molecule has 0 radical (unpaired) electrons. The average molecular weight is 441 g/mol. The molecule has 0 spiro atoms. The van der Waals surface area contributed by atoms with Crippen LogP contribution in [0.1, 0.15) is 58.9 Å². The minimum absolute atomic E-state index is 0.0270. The number of phenolic OH excluding ortho intramolecular Hbond substituents is 1. The highest BCUT2D eigenvalue weighted by atomic mass is 16.3. The molecule has 0 bridgehead atoms. The Balaban J connectivity index is 1.39. The summed E-state index contributed by atoms with van der Waals surface area (Å²) in [4.78, 5) is 15.4. The first-order valence-corrected chi connectivity index (χ1v) is 11.7. The molecule has 0 aromatic heterocycles. The van der Waals surface area contributed by atoms with Crippen LogP contribution in [-0.2, 0) is 13.0 Å². The summed E-state index contributed by atoms with van der Waals surface area (Å²) in [5.41, 5.74) is 6.64. The van der Waals surface area contributed by atoms with Crippen molar-refractivity contribution in [2.45, 2.75) is 39.3 Å². The van der Waals surface area contributed by atoms with Crippen molar-refractivity contribution in [1.82, 2.24) is 10.2 Å². The topological polar surface area (TPSA) is 52.6 Å². The van der Waals surface area contributed by atoms with E-state index in [0.717, 1.165) is 30.5 Å². The van der Waals surface area contributed by atoms with E-state index < -0.39 is 0 Å². The fourth-order valence-corrected chi connectivity index (χ4v) is 4.54. The highest BCUT2D eigenvalue weighted by Crippen LogP contribution is 2.33. The molecule has 0 saturated carbocycles. The van der Waals surface area contributed by atoms with Gasteiger partial charge in [0, 0.05) is 31.2 Å². The zero-order valence-electron chi connectivity index (χ0n) is 19.4. The molecule has 0 fully saturated rings. The summed E-state index contributed by atoms with van der Waals surface area (Å²) >= 11 is 0. The van der Waals surface area contributed by atoms with Gasteiger partial charge in [-0.2, -0.15) is 0 Å². The van der Waals surface area contributed by atoms with Crippen molar-refractivity contribution in [3.8, 4) is 5.75 Å². The summed E-state index contributed by atoms with van der Waals surface area (Å²) in [6.45, 7) is 6.50. The van der Waals surface area contributed by atoms with E-state index in [1.54, 1.807) is 6.07 Å². The van der Waals surface area contributed by atoms with Gasteiger partial charge in [0.15, 0.2) is 0 Å². The number of carbonyl (C=O) groups excluding carboxylic acids is 1. The highest BCUT2D eigenvalue weighted by molar-refractivity contribution is 5.95. The largest absolute Gasteiger partial charge is 0.508 e. The Bertz CT molecular complexity index is 1140. The number of nitrogens with one attached hydrogen (secondary N) is 1. The third-order valence-corrected chi connectivity index (χ3v) is 6.45. The second kappa shape index (κ2) is 10.5. The first kappa shape index (κ1) is 22.8. The van der Waals surface area contributed by atoms with Crippen molar-refractivity contribution in [2.75, 3.05) is 13.1 Å². The predicted molar refractivity (Wildman–Crippen MR) is 134 cm³/mol. The fourth-order valence-electron chi connectivity index (χ4n) is 4.54. The van der Waals surface area contributed by atoms with Crippen LogP contribution >= 0.6 is 0 Å². The Morgan fingerprint density at radius 2 is 1.85 bits per heavy atom. The number of fused-ring (bicyclic) bond motifs is 1. The number of hydrogen-bond acceptors (Lipinski definition) is 3. The van der Waals surface area contributed by atoms with Crippen LogP contribution in [0.3, 0.4) is 0 Å². The van der Waals surface area contributed by atoms with Crippen LogP contribution in [0.15, 0.2) is 78.4 Å². The molecular formula is C29H32N2O2. The van der Waals surface area contributed by atoms with E-state index in [1.165, 1.54) is 22.3 Å². The summed E-state index contributed by atoms with van der Waals surface area (Å²) in [5, 5.41) is 13.0. The van der Waals surface area contributed by atoms with E-state index >= 15 is 0 Å². The number of carbonyl (C=O) groups is 1. The Labute approximate surface area is 196 Å². The number of aromatic hydroxyl groups is 1. The zero-order chi connectivity index (χ0) is 23.2. The van der Waals surface area contributed by atoms with Crippen LogP contribution in [0, 0.1) is 0 Å². The second-order valence-electron chi connectivity index (χ2n) is 8.84. The molecule has 1 unspecified atom stereocenters. The molecule has 1 atom stereocenters. The van der Waals surface area contributed by atoms with Crippen LogP contribution in [0.4, 0.5) is 0 Å². The lowest BCUT2D eigenvalue weighted by Crippen LogP contribution is -2.34. The van der Waals surface area contributed by atoms with Gasteiger partial charge < -0.3 is 10.4 Å².